The lowest BCUT2D eigenvalue weighted by Crippen LogP contribution is -2.42. The maximum atomic E-state index is 9.41. The first-order valence-electron chi connectivity index (χ1n) is 5.52. The van der Waals surface area contributed by atoms with E-state index in [4.69, 9.17) is 4.74 Å². The van der Waals surface area contributed by atoms with E-state index in [9.17, 15) is 5.11 Å². The Morgan fingerprint density at radius 1 is 1.57 bits per heavy atom. The third-order valence-electron chi connectivity index (χ3n) is 3.45. The van der Waals surface area contributed by atoms with Gasteiger partial charge in [-0.2, -0.15) is 0 Å². The van der Waals surface area contributed by atoms with Crippen molar-refractivity contribution in [1.82, 2.24) is 4.90 Å². The van der Waals surface area contributed by atoms with Gasteiger partial charge in [-0.15, -0.1) is 0 Å². The molecule has 1 aliphatic heterocycles. The van der Waals surface area contributed by atoms with Gasteiger partial charge in [0.15, 0.2) is 0 Å². The lowest BCUT2D eigenvalue weighted by atomic mass is 9.87. The predicted octanol–water partition coefficient (Wildman–Crippen LogP) is 1.12. The summed E-state index contributed by atoms with van der Waals surface area (Å²) in [6, 6.07) is 0.582. The van der Waals surface area contributed by atoms with Crippen molar-refractivity contribution in [2.75, 3.05) is 33.4 Å². The summed E-state index contributed by atoms with van der Waals surface area (Å²) in [5, 5.41) is 9.41. The fourth-order valence-corrected chi connectivity index (χ4v) is 1.95. The molecule has 0 aliphatic carbocycles. The summed E-state index contributed by atoms with van der Waals surface area (Å²) in [6.45, 7) is 7.12. The van der Waals surface area contributed by atoms with Crippen LogP contribution in [-0.4, -0.2) is 49.5 Å². The van der Waals surface area contributed by atoms with Crippen LogP contribution in [0.15, 0.2) is 0 Å². The van der Waals surface area contributed by atoms with Crippen LogP contribution in [0.5, 0.6) is 0 Å². The molecule has 1 saturated heterocycles. The lowest BCUT2D eigenvalue weighted by Gasteiger charge is -2.33. The van der Waals surface area contributed by atoms with E-state index in [0.717, 1.165) is 26.0 Å². The average Bonchev–Trinajstić information content (AvgIpc) is 2.65. The molecule has 0 bridgehead atoms. The van der Waals surface area contributed by atoms with Crippen molar-refractivity contribution < 1.29 is 9.84 Å². The summed E-state index contributed by atoms with van der Waals surface area (Å²) in [5.74, 6) is 0. The van der Waals surface area contributed by atoms with Gasteiger partial charge >= 0.3 is 0 Å². The summed E-state index contributed by atoms with van der Waals surface area (Å²) >= 11 is 0. The highest BCUT2D eigenvalue weighted by Crippen LogP contribution is 2.29. The first-order chi connectivity index (χ1) is 6.63. The Labute approximate surface area is 87.1 Å². The van der Waals surface area contributed by atoms with Crippen LogP contribution in [0.2, 0.25) is 0 Å². The van der Waals surface area contributed by atoms with Crippen molar-refractivity contribution in [2.24, 2.45) is 5.41 Å². The van der Waals surface area contributed by atoms with Gasteiger partial charge in [-0.05, 0) is 26.8 Å². The van der Waals surface area contributed by atoms with Gasteiger partial charge in [0.2, 0.25) is 0 Å². The van der Waals surface area contributed by atoms with Crippen LogP contribution in [0.1, 0.15) is 26.7 Å². The molecule has 0 aromatic rings. The fraction of sp³-hybridized carbons (Fsp3) is 1.00. The van der Waals surface area contributed by atoms with E-state index in [-0.39, 0.29) is 12.0 Å². The average molecular weight is 201 g/mol. The topological polar surface area (TPSA) is 32.7 Å². The largest absolute Gasteiger partial charge is 0.396 e. The number of aliphatic hydroxyl groups is 1. The monoisotopic (exact) mass is 201 g/mol. The van der Waals surface area contributed by atoms with Gasteiger partial charge in [-0.3, -0.25) is 0 Å². The van der Waals surface area contributed by atoms with Crippen LogP contribution >= 0.6 is 0 Å². The van der Waals surface area contributed by atoms with Crippen molar-refractivity contribution in [3.05, 3.63) is 0 Å². The second kappa shape index (κ2) is 5.10. The maximum Gasteiger partial charge on any atom is 0.0557 e. The van der Waals surface area contributed by atoms with E-state index in [1.807, 2.05) is 0 Å². The SMILES string of the molecule is CCC(C)N(C)CC1(CO)CCOC1. The molecule has 0 amide bonds. The number of nitrogens with zero attached hydrogens (tertiary/aromatic N) is 1. The number of hydrogen-bond acceptors (Lipinski definition) is 3. The standard InChI is InChI=1S/C11H23NO2/c1-4-10(2)12(3)7-11(8-13)5-6-14-9-11/h10,13H,4-9H2,1-3H3. The molecule has 1 fully saturated rings. The van der Waals surface area contributed by atoms with Gasteiger partial charge < -0.3 is 14.7 Å². The van der Waals surface area contributed by atoms with Crippen molar-refractivity contribution in [1.29, 1.82) is 0 Å². The first kappa shape index (κ1) is 12.0. The minimum atomic E-state index is -0.00181. The highest BCUT2D eigenvalue weighted by Gasteiger charge is 2.35. The first-order valence-corrected chi connectivity index (χ1v) is 5.52. The summed E-state index contributed by atoms with van der Waals surface area (Å²) < 4.78 is 5.38. The van der Waals surface area contributed by atoms with Crippen LogP contribution in [0.4, 0.5) is 0 Å². The molecule has 2 unspecified atom stereocenters. The van der Waals surface area contributed by atoms with Gasteiger partial charge in [0.25, 0.3) is 0 Å². The normalized spacial score (nSPS) is 29.8. The van der Waals surface area contributed by atoms with Gasteiger partial charge in [0.05, 0.1) is 13.2 Å². The van der Waals surface area contributed by atoms with Crippen LogP contribution in [0.25, 0.3) is 0 Å². The lowest BCUT2D eigenvalue weighted by molar-refractivity contribution is 0.0536. The Hall–Kier alpha value is -0.120. The van der Waals surface area contributed by atoms with Crippen LogP contribution in [0.3, 0.4) is 0 Å². The number of rotatable bonds is 5. The Morgan fingerprint density at radius 2 is 2.29 bits per heavy atom. The number of aliphatic hydroxyl groups excluding tert-OH is 1. The molecule has 3 nitrogen and oxygen atoms in total. The van der Waals surface area contributed by atoms with E-state index in [0.29, 0.717) is 12.6 Å². The molecule has 0 aromatic heterocycles. The van der Waals surface area contributed by atoms with Gasteiger partial charge in [-0.25, -0.2) is 0 Å². The molecule has 14 heavy (non-hydrogen) atoms. The van der Waals surface area contributed by atoms with Crippen LogP contribution in [-0.2, 0) is 4.74 Å². The summed E-state index contributed by atoms with van der Waals surface area (Å²) in [5.41, 5.74) is -0.00181. The molecule has 84 valence electrons. The molecule has 0 aromatic carbocycles. The second-order valence-corrected chi connectivity index (χ2v) is 4.63. The number of ether oxygens (including phenoxy) is 1. The van der Waals surface area contributed by atoms with E-state index in [1.54, 1.807) is 0 Å². The minimum Gasteiger partial charge on any atom is -0.396 e. The van der Waals surface area contributed by atoms with E-state index in [1.165, 1.54) is 0 Å². The molecule has 0 spiro atoms. The van der Waals surface area contributed by atoms with Gasteiger partial charge in [-0.1, -0.05) is 6.92 Å². The molecule has 0 radical (unpaired) electrons. The third-order valence-corrected chi connectivity index (χ3v) is 3.45. The van der Waals surface area contributed by atoms with E-state index < -0.39 is 0 Å². The van der Waals surface area contributed by atoms with Gasteiger partial charge in [0.1, 0.15) is 0 Å². The Morgan fingerprint density at radius 3 is 2.71 bits per heavy atom. The van der Waals surface area contributed by atoms with Crippen LogP contribution in [0, 0.1) is 5.41 Å². The fourth-order valence-electron chi connectivity index (χ4n) is 1.95. The number of hydrogen-bond donors (Lipinski definition) is 1. The molecular weight excluding hydrogens is 178 g/mol. The molecule has 1 rings (SSSR count). The molecule has 1 heterocycles. The van der Waals surface area contributed by atoms with Crippen molar-refractivity contribution in [3.8, 4) is 0 Å². The molecule has 1 N–H and O–H groups in total. The summed E-state index contributed by atoms with van der Waals surface area (Å²) in [4.78, 5) is 2.32. The van der Waals surface area contributed by atoms with Gasteiger partial charge in [0, 0.05) is 24.6 Å². The molecule has 1 aliphatic rings. The Bertz CT molecular complexity index is 167. The van der Waals surface area contributed by atoms with Crippen molar-refractivity contribution in [2.45, 2.75) is 32.7 Å². The Balaban J connectivity index is 2.47. The third kappa shape index (κ3) is 2.69. The van der Waals surface area contributed by atoms with E-state index >= 15 is 0 Å². The zero-order chi connectivity index (χ0) is 10.6. The maximum absolute atomic E-state index is 9.41. The highest BCUT2D eigenvalue weighted by molar-refractivity contribution is 4.86. The van der Waals surface area contributed by atoms with Crippen molar-refractivity contribution in [3.63, 3.8) is 0 Å². The Kier molecular flexibility index (Phi) is 4.35. The molecule has 2 atom stereocenters. The molecule has 0 saturated carbocycles. The second-order valence-electron chi connectivity index (χ2n) is 4.63. The molecule has 3 heteroatoms. The van der Waals surface area contributed by atoms with Crippen molar-refractivity contribution >= 4 is 0 Å². The smallest absolute Gasteiger partial charge is 0.0557 e. The predicted molar refractivity (Wildman–Crippen MR) is 57.3 cm³/mol. The van der Waals surface area contributed by atoms with Crippen LogP contribution < -0.4 is 0 Å². The quantitative estimate of drug-likeness (QED) is 0.723. The summed E-state index contributed by atoms with van der Waals surface area (Å²) in [6.07, 6.45) is 2.14. The van der Waals surface area contributed by atoms with E-state index in [2.05, 4.69) is 25.8 Å². The highest BCUT2D eigenvalue weighted by atomic mass is 16.5. The zero-order valence-electron chi connectivity index (χ0n) is 9.62. The molecular formula is C11H23NO2. The zero-order valence-corrected chi connectivity index (χ0v) is 9.62. The summed E-state index contributed by atoms with van der Waals surface area (Å²) in [7, 11) is 2.13. The minimum absolute atomic E-state index is 0.00181.